The van der Waals surface area contributed by atoms with Gasteiger partial charge in [-0.1, -0.05) is 36.9 Å². The van der Waals surface area contributed by atoms with Gasteiger partial charge in [0.2, 0.25) is 0 Å². The Labute approximate surface area is 143 Å². The number of benzene rings is 2. The van der Waals surface area contributed by atoms with Crippen LogP contribution >= 0.6 is 0 Å². The molecule has 0 fully saturated rings. The lowest BCUT2D eigenvalue weighted by Crippen LogP contribution is -2.26. The fourth-order valence-electron chi connectivity index (χ4n) is 2.17. The molecule has 0 saturated carbocycles. The zero-order valence-electron chi connectivity index (χ0n) is 14.5. The van der Waals surface area contributed by atoms with Crippen LogP contribution in [0.4, 0.5) is 0 Å². The van der Waals surface area contributed by atoms with Crippen molar-refractivity contribution in [3.8, 4) is 5.75 Å². The van der Waals surface area contributed by atoms with E-state index in [1.165, 1.54) is 5.39 Å². The summed E-state index contributed by atoms with van der Waals surface area (Å²) in [5.74, 6) is 0.414. The molecule has 0 radical (unpaired) electrons. The number of fused-ring (bicyclic) bond motifs is 1. The summed E-state index contributed by atoms with van der Waals surface area (Å²) in [5, 5.41) is 2.32. The Morgan fingerprint density at radius 1 is 1.04 bits per heavy atom. The number of ether oxygens (including phenoxy) is 3. The van der Waals surface area contributed by atoms with Crippen LogP contribution in [0.2, 0.25) is 0 Å². The summed E-state index contributed by atoms with van der Waals surface area (Å²) in [6.45, 7) is 9.58. The third-order valence-electron chi connectivity index (χ3n) is 3.47. The van der Waals surface area contributed by atoms with Crippen molar-refractivity contribution in [3.63, 3.8) is 0 Å². The second kappa shape index (κ2) is 8.50. The molecule has 0 amide bonds. The second-order valence-electron chi connectivity index (χ2n) is 5.96. The molecule has 0 aliphatic heterocycles. The minimum Gasteiger partial charge on any atom is -0.488 e. The predicted molar refractivity (Wildman–Crippen MR) is 95.2 cm³/mol. The first-order chi connectivity index (χ1) is 11.5. The highest BCUT2D eigenvalue weighted by atomic mass is 16.6. The molecule has 0 N–H and O–H groups in total. The Kier molecular flexibility index (Phi) is 6.38. The standard InChI is InChI=1S/C20H24O4/c1-14(2)20(21)23-12-15(3)22-13-16(4)24-19-10-9-17-7-5-6-8-18(17)11-19/h5-11,15-16H,1,12-13H2,2-4H3. The van der Waals surface area contributed by atoms with Crippen molar-refractivity contribution in [1.29, 1.82) is 0 Å². The van der Waals surface area contributed by atoms with E-state index in [9.17, 15) is 4.79 Å². The molecule has 0 bridgehead atoms. The van der Waals surface area contributed by atoms with Gasteiger partial charge in [-0.25, -0.2) is 4.79 Å². The Morgan fingerprint density at radius 3 is 2.46 bits per heavy atom. The first-order valence-corrected chi connectivity index (χ1v) is 8.05. The molecule has 4 heteroatoms. The summed E-state index contributed by atoms with van der Waals surface area (Å²) in [6, 6.07) is 14.2. The molecular weight excluding hydrogens is 304 g/mol. The lowest BCUT2D eigenvalue weighted by molar-refractivity contribution is -0.143. The number of carbonyl (C=O) groups is 1. The van der Waals surface area contributed by atoms with E-state index in [0.29, 0.717) is 12.2 Å². The van der Waals surface area contributed by atoms with Gasteiger partial charge in [0.25, 0.3) is 0 Å². The Hall–Kier alpha value is -2.33. The molecule has 2 rings (SSSR count). The van der Waals surface area contributed by atoms with Crippen LogP contribution in [0.3, 0.4) is 0 Å². The monoisotopic (exact) mass is 328 g/mol. The van der Waals surface area contributed by atoms with Gasteiger partial charge in [0.05, 0.1) is 12.7 Å². The fourth-order valence-corrected chi connectivity index (χ4v) is 2.17. The van der Waals surface area contributed by atoms with Crippen molar-refractivity contribution in [2.75, 3.05) is 13.2 Å². The van der Waals surface area contributed by atoms with E-state index in [4.69, 9.17) is 14.2 Å². The molecule has 2 atom stereocenters. The van der Waals surface area contributed by atoms with Crippen LogP contribution in [0.25, 0.3) is 10.8 Å². The molecule has 2 aromatic rings. The highest BCUT2D eigenvalue weighted by molar-refractivity contribution is 5.87. The highest BCUT2D eigenvalue weighted by Crippen LogP contribution is 2.21. The van der Waals surface area contributed by atoms with Crippen molar-refractivity contribution >= 4 is 16.7 Å². The predicted octanol–water partition coefficient (Wildman–Crippen LogP) is 4.13. The SMILES string of the molecule is C=C(C)C(=O)OCC(C)OCC(C)Oc1ccc2ccccc2c1. The zero-order chi connectivity index (χ0) is 17.5. The Balaban J connectivity index is 1.78. The third-order valence-corrected chi connectivity index (χ3v) is 3.47. The average molecular weight is 328 g/mol. The molecular formula is C20H24O4. The van der Waals surface area contributed by atoms with Gasteiger partial charge in [-0.3, -0.25) is 0 Å². The van der Waals surface area contributed by atoms with Crippen molar-refractivity contribution in [2.24, 2.45) is 0 Å². The van der Waals surface area contributed by atoms with Gasteiger partial charge in [-0.05, 0) is 43.7 Å². The molecule has 0 aliphatic carbocycles. The summed E-state index contributed by atoms with van der Waals surface area (Å²) < 4.78 is 16.6. The van der Waals surface area contributed by atoms with E-state index in [0.717, 1.165) is 11.1 Å². The maximum absolute atomic E-state index is 11.3. The van der Waals surface area contributed by atoms with Crippen LogP contribution in [0, 0.1) is 0 Å². The number of carbonyl (C=O) groups excluding carboxylic acids is 1. The summed E-state index contributed by atoms with van der Waals surface area (Å²) in [5.41, 5.74) is 0.384. The normalized spacial score (nSPS) is 13.3. The highest BCUT2D eigenvalue weighted by Gasteiger charge is 2.11. The van der Waals surface area contributed by atoms with E-state index >= 15 is 0 Å². The van der Waals surface area contributed by atoms with Crippen molar-refractivity contribution in [2.45, 2.75) is 33.0 Å². The number of esters is 1. The summed E-state index contributed by atoms with van der Waals surface area (Å²) in [6.07, 6.45) is -0.304. The quantitative estimate of drug-likeness (QED) is 0.540. The van der Waals surface area contributed by atoms with Gasteiger partial charge in [-0.15, -0.1) is 0 Å². The van der Waals surface area contributed by atoms with Crippen LogP contribution in [0.1, 0.15) is 20.8 Å². The zero-order valence-corrected chi connectivity index (χ0v) is 14.5. The molecule has 128 valence electrons. The molecule has 4 nitrogen and oxygen atoms in total. The van der Waals surface area contributed by atoms with E-state index in [2.05, 4.69) is 18.7 Å². The number of hydrogen-bond donors (Lipinski definition) is 0. The van der Waals surface area contributed by atoms with Gasteiger partial charge in [0.15, 0.2) is 0 Å². The number of hydrogen-bond acceptors (Lipinski definition) is 4. The van der Waals surface area contributed by atoms with Gasteiger partial charge in [0, 0.05) is 5.57 Å². The second-order valence-corrected chi connectivity index (χ2v) is 5.96. The minimum atomic E-state index is -0.397. The van der Waals surface area contributed by atoms with Gasteiger partial charge < -0.3 is 14.2 Å². The number of rotatable bonds is 8. The first-order valence-electron chi connectivity index (χ1n) is 8.05. The van der Waals surface area contributed by atoms with Gasteiger partial charge >= 0.3 is 5.97 Å². The van der Waals surface area contributed by atoms with E-state index in [1.807, 2.05) is 44.2 Å². The van der Waals surface area contributed by atoms with Crippen LogP contribution in [0.5, 0.6) is 5.75 Å². The molecule has 0 heterocycles. The van der Waals surface area contributed by atoms with Gasteiger partial charge in [0.1, 0.15) is 18.5 Å². The third kappa shape index (κ3) is 5.39. The summed E-state index contributed by atoms with van der Waals surface area (Å²) >= 11 is 0. The molecule has 2 unspecified atom stereocenters. The van der Waals surface area contributed by atoms with E-state index in [-0.39, 0.29) is 18.8 Å². The average Bonchev–Trinajstić information content (AvgIpc) is 2.57. The largest absolute Gasteiger partial charge is 0.488 e. The van der Waals surface area contributed by atoms with Crippen LogP contribution < -0.4 is 4.74 Å². The van der Waals surface area contributed by atoms with Gasteiger partial charge in [-0.2, -0.15) is 0 Å². The first kappa shape index (κ1) is 18.0. The Morgan fingerprint density at radius 2 is 1.75 bits per heavy atom. The summed E-state index contributed by atoms with van der Waals surface area (Å²) in [7, 11) is 0. The molecule has 0 saturated heterocycles. The maximum atomic E-state index is 11.3. The lowest BCUT2D eigenvalue weighted by atomic mass is 10.1. The van der Waals surface area contributed by atoms with E-state index < -0.39 is 5.97 Å². The van der Waals surface area contributed by atoms with Crippen molar-refractivity contribution in [1.82, 2.24) is 0 Å². The summed E-state index contributed by atoms with van der Waals surface area (Å²) in [4.78, 5) is 11.3. The maximum Gasteiger partial charge on any atom is 0.333 e. The molecule has 0 aliphatic rings. The van der Waals surface area contributed by atoms with Crippen LogP contribution in [-0.4, -0.2) is 31.4 Å². The van der Waals surface area contributed by atoms with Crippen molar-refractivity contribution in [3.05, 3.63) is 54.6 Å². The fraction of sp³-hybridized carbons (Fsp3) is 0.350. The molecule has 0 aromatic heterocycles. The topological polar surface area (TPSA) is 44.8 Å². The van der Waals surface area contributed by atoms with Crippen LogP contribution in [-0.2, 0) is 14.3 Å². The molecule has 2 aromatic carbocycles. The molecule has 24 heavy (non-hydrogen) atoms. The Bertz CT molecular complexity index is 708. The van der Waals surface area contributed by atoms with E-state index in [1.54, 1.807) is 6.92 Å². The molecule has 0 spiro atoms. The minimum absolute atomic E-state index is 0.106. The lowest BCUT2D eigenvalue weighted by Gasteiger charge is -2.19. The van der Waals surface area contributed by atoms with Crippen LogP contribution in [0.15, 0.2) is 54.6 Å². The van der Waals surface area contributed by atoms with Crippen molar-refractivity contribution < 1.29 is 19.0 Å². The smallest absolute Gasteiger partial charge is 0.333 e.